The lowest BCUT2D eigenvalue weighted by atomic mass is 9.87. The molecular formula is C14H19ClN2O. The standard InChI is InChI=1S/C14H18N2O.ClH/c17-14(11-8-15-9-11)16-13-7-3-5-10-4-1-2-6-12(10)13;/h1-2,4,6,11,13,15H,3,5,7-9H2,(H,16,17);1H. The van der Waals surface area contributed by atoms with Gasteiger partial charge in [0.1, 0.15) is 0 Å². The van der Waals surface area contributed by atoms with E-state index in [1.54, 1.807) is 0 Å². The molecule has 2 N–H and O–H groups in total. The number of amides is 1. The first kappa shape index (κ1) is 13.4. The van der Waals surface area contributed by atoms with Gasteiger partial charge in [0, 0.05) is 13.1 Å². The normalized spacial score (nSPS) is 22.3. The maximum Gasteiger partial charge on any atom is 0.226 e. The van der Waals surface area contributed by atoms with Crippen molar-refractivity contribution >= 4 is 18.3 Å². The third-order valence-corrected chi connectivity index (χ3v) is 3.84. The molecule has 1 atom stereocenters. The van der Waals surface area contributed by atoms with E-state index in [1.165, 1.54) is 17.5 Å². The van der Waals surface area contributed by atoms with Crippen LogP contribution in [0.3, 0.4) is 0 Å². The van der Waals surface area contributed by atoms with Gasteiger partial charge in [0.2, 0.25) is 5.91 Å². The van der Waals surface area contributed by atoms with Gasteiger partial charge in [-0.3, -0.25) is 4.79 Å². The molecule has 2 aliphatic rings. The molecule has 1 fully saturated rings. The topological polar surface area (TPSA) is 41.1 Å². The molecule has 1 unspecified atom stereocenters. The molecule has 1 heterocycles. The lowest BCUT2D eigenvalue weighted by Gasteiger charge is -2.31. The molecule has 1 amide bonds. The average molecular weight is 267 g/mol. The Morgan fingerprint density at radius 3 is 2.78 bits per heavy atom. The molecule has 1 aromatic carbocycles. The van der Waals surface area contributed by atoms with E-state index >= 15 is 0 Å². The summed E-state index contributed by atoms with van der Waals surface area (Å²) in [5.74, 6) is 0.398. The van der Waals surface area contributed by atoms with Crippen molar-refractivity contribution in [2.45, 2.75) is 25.3 Å². The molecule has 0 bridgehead atoms. The van der Waals surface area contributed by atoms with E-state index in [-0.39, 0.29) is 30.3 Å². The molecule has 18 heavy (non-hydrogen) atoms. The molecule has 0 aromatic heterocycles. The van der Waals surface area contributed by atoms with Crippen LogP contribution in [0.1, 0.15) is 30.0 Å². The molecule has 4 heteroatoms. The van der Waals surface area contributed by atoms with Gasteiger partial charge in [0.25, 0.3) is 0 Å². The summed E-state index contributed by atoms with van der Waals surface area (Å²) in [5, 5.41) is 6.34. The van der Waals surface area contributed by atoms with Gasteiger partial charge in [-0.2, -0.15) is 0 Å². The van der Waals surface area contributed by atoms with Gasteiger partial charge in [-0.05, 0) is 30.4 Å². The van der Waals surface area contributed by atoms with E-state index in [9.17, 15) is 4.79 Å². The Labute approximate surface area is 114 Å². The molecule has 98 valence electrons. The molecule has 1 saturated heterocycles. The summed E-state index contributed by atoms with van der Waals surface area (Å²) in [6.07, 6.45) is 3.39. The molecular weight excluding hydrogens is 248 g/mol. The summed E-state index contributed by atoms with van der Waals surface area (Å²) in [7, 11) is 0. The van der Waals surface area contributed by atoms with Crippen LogP contribution in [0.15, 0.2) is 24.3 Å². The Morgan fingerprint density at radius 1 is 1.28 bits per heavy atom. The zero-order valence-corrected chi connectivity index (χ0v) is 11.1. The number of hydrogen-bond acceptors (Lipinski definition) is 2. The fourth-order valence-electron chi connectivity index (χ4n) is 2.67. The monoisotopic (exact) mass is 266 g/mol. The van der Waals surface area contributed by atoms with E-state index in [2.05, 4.69) is 34.9 Å². The number of fused-ring (bicyclic) bond motifs is 1. The van der Waals surface area contributed by atoms with Crippen LogP contribution in [0.2, 0.25) is 0 Å². The number of carbonyl (C=O) groups is 1. The van der Waals surface area contributed by atoms with Gasteiger partial charge in [-0.15, -0.1) is 12.4 Å². The smallest absolute Gasteiger partial charge is 0.226 e. The number of nitrogens with one attached hydrogen (secondary N) is 2. The Balaban J connectivity index is 0.00000120. The quantitative estimate of drug-likeness (QED) is 0.857. The first-order valence-corrected chi connectivity index (χ1v) is 6.43. The fraction of sp³-hybridized carbons (Fsp3) is 0.500. The molecule has 0 saturated carbocycles. The number of carbonyl (C=O) groups excluding carboxylic acids is 1. The Morgan fingerprint density at radius 2 is 2.06 bits per heavy atom. The summed E-state index contributed by atoms with van der Waals surface area (Å²) in [6, 6.07) is 8.71. The largest absolute Gasteiger partial charge is 0.349 e. The Kier molecular flexibility index (Phi) is 4.25. The first-order valence-electron chi connectivity index (χ1n) is 6.43. The number of aryl methyl sites for hydroxylation is 1. The predicted molar refractivity (Wildman–Crippen MR) is 73.9 cm³/mol. The van der Waals surface area contributed by atoms with Crippen molar-refractivity contribution in [2.24, 2.45) is 5.92 Å². The maximum absolute atomic E-state index is 12.0. The number of rotatable bonds is 2. The Hall–Kier alpha value is -1.06. The lowest BCUT2D eigenvalue weighted by Crippen LogP contribution is -2.51. The second kappa shape index (κ2) is 5.72. The van der Waals surface area contributed by atoms with Crippen molar-refractivity contribution < 1.29 is 4.79 Å². The SMILES string of the molecule is Cl.O=C(NC1CCCc2ccccc21)C1CNC1. The van der Waals surface area contributed by atoms with Gasteiger partial charge >= 0.3 is 0 Å². The highest BCUT2D eigenvalue weighted by Crippen LogP contribution is 2.29. The lowest BCUT2D eigenvalue weighted by molar-refractivity contribution is -0.127. The van der Waals surface area contributed by atoms with E-state index in [1.807, 2.05) is 0 Å². The summed E-state index contributed by atoms with van der Waals surface area (Å²) >= 11 is 0. The van der Waals surface area contributed by atoms with Gasteiger partial charge in [-0.1, -0.05) is 24.3 Å². The van der Waals surface area contributed by atoms with Crippen molar-refractivity contribution in [3.63, 3.8) is 0 Å². The van der Waals surface area contributed by atoms with Crippen LogP contribution in [0.25, 0.3) is 0 Å². The minimum atomic E-state index is 0. The number of benzene rings is 1. The molecule has 1 aliphatic heterocycles. The number of halogens is 1. The highest BCUT2D eigenvalue weighted by Gasteiger charge is 2.28. The molecule has 1 aromatic rings. The highest BCUT2D eigenvalue weighted by atomic mass is 35.5. The first-order chi connectivity index (χ1) is 8.34. The van der Waals surface area contributed by atoms with Gasteiger partial charge in [0.15, 0.2) is 0 Å². The third-order valence-electron chi connectivity index (χ3n) is 3.84. The van der Waals surface area contributed by atoms with Gasteiger partial charge < -0.3 is 10.6 Å². The van der Waals surface area contributed by atoms with Crippen molar-refractivity contribution in [1.82, 2.24) is 10.6 Å². The van der Waals surface area contributed by atoms with Crippen LogP contribution >= 0.6 is 12.4 Å². The van der Waals surface area contributed by atoms with Crippen molar-refractivity contribution in [3.05, 3.63) is 35.4 Å². The van der Waals surface area contributed by atoms with Gasteiger partial charge in [-0.25, -0.2) is 0 Å². The maximum atomic E-state index is 12.0. The third kappa shape index (κ3) is 2.52. The molecule has 3 rings (SSSR count). The number of hydrogen-bond donors (Lipinski definition) is 2. The highest BCUT2D eigenvalue weighted by molar-refractivity contribution is 5.85. The van der Waals surface area contributed by atoms with E-state index in [4.69, 9.17) is 0 Å². The van der Waals surface area contributed by atoms with Crippen LogP contribution in [0.5, 0.6) is 0 Å². The van der Waals surface area contributed by atoms with E-state index in [0.29, 0.717) is 0 Å². The molecule has 1 aliphatic carbocycles. The second-order valence-corrected chi connectivity index (χ2v) is 5.01. The zero-order valence-electron chi connectivity index (χ0n) is 10.3. The minimum absolute atomic E-state index is 0. The van der Waals surface area contributed by atoms with Crippen LogP contribution in [0, 0.1) is 5.92 Å². The van der Waals surface area contributed by atoms with Crippen LogP contribution in [0.4, 0.5) is 0 Å². The second-order valence-electron chi connectivity index (χ2n) is 5.01. The minimum Gasteiger partial charge on any atom is -0.349 e. The van der Waals surface area contributed by atoms with Crippen molar-refractivity contribution in [3.8, 4) is 0 Å². The Bertz CT molecular complexity index is 432. The molecule has 3 nitrogen and oxygen atoms in total. The van der Waals surface area contributed by atoms with Crippen LogP contribution in [-0.2, 0) is 11.2 Å². The van der Waals surface area contributed by atoms with Crippen LogP contribution in [-0.4, -0.2) is 19.0 Å². The summed E-state index contributed by atoms with van der Waals surface area (Å²) < 4.78 is 0. The molecule has 0 radical (unpaired) electrons. The van der Waals surface area contributed by atoms with Gasteiger partial charge in [0.05, 0.1) is 12.0 Å². The van der Waals surface area contributed by atoms with Crippen molar-refractivity contribution in [1.29, 1.82) is 0 Å². The summed E-state index contributed by atoms with van der Waals surface area (Å²) in [5.41, 5.74) is 2.72. The summed E-state index contributed by atoms with van der Waals surface area (Å²) in [4.78, 5) is 12.0. The predicted octanol–water partition coefficient (Wildman–Crippen LogP) is 1.82. The summed E-state index contributed by atoms with van der Waals surface area (Å²) in [6.45, 7) is 1.67. The molecule has 0 spiro atoms. The average Bonchev–Trinajstić information content (AvgIpc) is 2.27. The van der Waals surface area contributed by atoms with E-state index in [0.717, 1.165) is 25.9 Å². The van der Waals surface area contributed by atoms with Crippen molar-refractivity contribution in [2.75, 3.05) is 13.1 Å². The van der Waals surface area contributed by atoms with Crippen LogP contribution < -0.4 is 10.6 Å². The van der Waals surface area contributed by atoms with E-state index < -0.39 is 0 Å². The zero-order chi connectivity index (χ0) is 11.7. The fourth-order valence-corrected chi connectivity index (χ4v) is 2.67.